The number of hydrogen-bond donors (Lipinski definition) is 1. The fraction of sp³-hybridized carbons (Fsp3) is 0.500. The zero-order chi connectivity index (χ0) is 14.6. The van der Waals surface area contributed by atoms with E-state index in [2.05, 4.69) is 16.6 Å². The monoisotopic (exact) mass is 375 g/mol. The summed E-state index contributed by atoms with van der Waals surface area (Å²) in [6, 6.07) is -0.788. The Balaban J connectivity index is 4.35. The normalized spacial score (nSPS) is 13.7. The number of amides is 1. The SMILES string of the molecule is C=CC(COC(=O)C(Cl)(Cl)Cl)NC(=O)C(Cl)(Cl)Cl. The Hall–Kier alpha value is 0.420. The Morgan fingerprint density at radius 3 is 2.00 bits per heavy atom. The van der Waals surface area contributed by atoms with Gasteiger partial charge in [-0.2, -0.15) is 0 Å². The molecule has 0 saturated heterocycles. The maximum atomic E-state index is 11.3. The topological polar surface area (TPSA) is 55.4 Å². The van der Waals surface area contributed by atoms with E-state index < -0.39 is 25.5 Å². The van der Waals surface area contributed by atoms with Crippen LogP contribution in [-0.4, -0.2) is 32.1 Å². The Bertz CT molecular complexity index is 335. The standard InChI is InChI=1S/C8H7Cl6NO3/c1-2-4(15-5(16)7(9,10)11)3-18-6(17)8(12,13)14/h2,4H,1,3H2,(H,15,16). The molecule has 0 heterocycles. The number of nitrogens with one attached hydrogen (secondary N) is 1. The summed E-state index contributed by atoms with van der Waals surface area (Å²) < 4.78 is 0.281. The van der Waals surface area contributed by atoms with Crippen molar-refractivity contribution >= 4 is 81.5 Å². The Morgan fingerprint density at radius 2 is 1.67 bits per heavy atom. The second-order valence-electron chi connectivity index (χ2n) is 2.91. The molecule has 0 spiro atoms. The van der Waals surface area contributed by atoms with Crippen molar-refractivity contribution in [2.75, 3.05) is 6.61 Å². The number of carbonyl (C=O) groups excluding carboxylic acids is 2. The van der Waals surface area contributed by atoms with Crippen LogP contribution < -0.4 is 5.32 Å². The quantitative estimate of drug-likeness (QED) is 0.465. The molecule has 0 aliphatic rings. The highest BCUT2D eigenvalue weighted by molar-refractivity contribution is 6.76. The number of rotatable bonds is 4. The van der Waals surface area contributed by atoms with E-state index in [1.165, 1.54) is 6.08 Å². The van der Waals surface area contributed by atoms with Gasteiger partial charge in [0.05, 0.1) is 6.04 Å². The number of carbonyl (C=O) groups is 2. The van der Waals surface area contributed by atoms with Gasteiger partial charge in [0.1, 0.15) is 6.61 Å². The van der Waals surface area contributed by atoms with Crippen LogP contribution in [0.2, 0.25) is 0 Å². The van der Waals surface area contributed by atoms with Crippen LogP contribution in [0.3, 0.4) is 0 Å². The third kappa shape index (κ3) is 7.12. The summed E-state index contributed by atoms with van der Waals surface area (Å²) in [4.78, 5) is 22.4. The molecule has 104 valence electrons. The van der Waals surface area contributed by atoms with Gasteiger partial charge in [0, 0.05) is 0 Å². The van der Waals surface area contributed by atoms with Gasteiger partial charge in [0.15, 0.2) is 0 Å². The molecule has 0 fully saturated rings. The highest BCUT2D eigenvalue weighted by Gasteiger charge is 2.34. The highest BCUT2D eigenvalue weighted by atomic mass is 35.6. The van der Waals surface area contributed by atoms with Crippen molar-refractivity contribution in [3.05, 3.63) is 12.7 Å². The second-order valence-corrected chi connectivity index (χ2v) is 7.47. The maximum absolute atomic E-state index is 11.3. The van der Waals surface area contributed by atoms with Crippen LogP contribution in [0.15, 0.2) is 12.7 Å². The smallest absolute Gasteiger partial charge is 0.358 e. The largest absolute Gasteiger partial charge is 0.460 e. The molecule has 0 radical (unpaired) electrons. The fourth-order valence-electron chi connectivity index (χ4n) is 0.666. The van der Waals surface area contributed by atoms with Gasteiger partial charge in [-0.25, -0.2) is 4.79 Å². The van der Waals surface area contributed by atoms with Crippen molar-refractivity contribution in [1.82, 2.24) is 5.32 Å². The summed E-state index contributed by atoms with van der Waals surface area (Å²) in [5.41, 5.74) is 0. The minimum absolute atomic E-state index is 0.317. The molecule has 0 aromatic rings. The number of esters is 1. The van der Waals surface area contributed by atoms with E-state index in [9.17, 15) is 9.59 Å². The van der Waals surface area contributed by atoms with Crippen LogP contribution in [0.25, 0.3) is 0 Å². The van der Waals surface area contributed by atoms with Gasteiger partial charge >= 0.3 is 5.97 Å². The molecular formula is C8H7Cl6NO3. The van der Waals surface area contributed by atoms with Gasteiger partial charge in [-0.3, -0.25) is 4.79 Å². The van der Waals surface area contributed by atoms with Gasteiger partial charge in [-0.15, -0.1) is 6.58 Å². The van der Waals surface area contributed by atoms with Crippen LogP contribution in [0.4, 0.5) is 0 Å². The van der Waals surface area contributed by atoms with Gasteiger partial charge in [-0.05, 0) is 0 Å². The minimum Gasteiger partial charge on any atom is -0.460 e. The molecule has 1 atom stereocenters. The zero-order valence-electron chi connectivity index (χ0n) is 8.56. The van der Waals surface area contributed by atoms with Crippen LogP contribution >= 0.6 is 69.6 Å². The number of halogens is 6. The molecule has 10 heteroatoms. The zero-order valence-corrected chi connectivity index (χ0v) is 13.1. The molecule has 1 amide bonds. The summed E-state index contributed by atoms with van der Waals surface area (Å²) in [6.45, 7) is 3.09. The van der Waals surface area contributed by atoms with Crippen molar-refractivity contribution in [2.45, 2.75) is 13.6 Å². The lowest BCUT2D eigenvalue weighted by Crippen LogP contribution is -2.43. The molecule has 1 N–H and O–H groups in total. The summed E-state index contributed by atoms with van der Waals surface area (Å²) in [5.74, 6) is -2.00. The molecule has 0 aliphatic carbocycles. The Morgan fingerprint density at radius 1 is 1.17 bits per heavy atom. The number of ether oxygens (including phenoxy) is 1. The van der Waals surface area contributed by atoms with Crippen LogP contribution in [0.5, 0.6) is 0 Å². The maximum Gasteiger partial charge on any atom is 0.358 e. The predicted octanol–water partition coefficient (Wildman–Crippen LogP) is 2.94. The Kier molecular flexibility index (Phi) is 7.44. The lowest BCUT2D eigenvalue weighted by molar-refractivity contribution is -0.143. The molecule has 0 aromatic carbocycles. The molecule has 0 saturated carbocycles. The third-order valence-electron chi connectivity index (χ3n) is 1.48. The average molecular weight is 378 g/mol. The second kappa shape index (κ2) is 7.27. The molecule has 0 aromatic heterocycles. The van der Waals surface area contributed by atoms with Gasteiger partial charge < -0.3 is 10.1 Å². The van der Waals surface area contributed by atoms with Gasteiger partial charge in [0.2, 0.25) is 0 Å². The van der Waals surface area contributed by atoms with E-state index in [4.69, 9.17) is 69.6 Å². The summed E-state index contributed by atoms with van der Waals surface area (Å²) in [6.07, 6.45) is 1.26. The molecular weight excluding hydrogens is 371 g/mol. The molecule has 0 bridgehead atoms. The first-order valence-electron chi connectivity index (χ1n) is 4.22. The number of hydrogen-bond acceptors (Lipinski definition) is 3. The molecule has 1 unspecified atom stereocenters. The first-order chi connectivity index (χ1) is 7.98. The van der Waals surface area contributed by atoms with Crippen LogP contribution in [0.1, 0.15) is 0 Å². The van der Waals surface area contributed by atoms with E-state index in [1.807, 2.05) is 0 Å². The summed E-state index contributed by atoms with van der Waals surface area (Å²) >= 11 is 31.8. The highest BCUT2D eigenvalue weighted by Crippen LogP contribution is 2.28. The van der Waals surface area contributed by atoms with Gasteiger partial charge in [0.25, 0.3) is 13.5 Å². The van der Waals surface area contributed by atoms with Crippen molar-refractivity contribution < 1.29 is 14.3 Å². The lowest BCUT2D eigenvalue weighted by Gasteiger charge is -2.19. The first kappa shape index (κ1) is 18.4. The van der Waals surface area contributed by atoms with E-state index in [-0.39, 0.29) is 6.61 Å². The van der Waals surface area contributed by atoms with Crippen molar-refractivity contribution in [3.63, 3.8) is 0 Å². The minimum atomic E-state index is -2.20. The van der Waals surface area contributed by atoms with Crippen LogP contribution in [-0.2, 0) is 14.3 Å². The molecule has 18 heavy (non-hydrogen) atoms. The summed E-state index contributed by atoms with van der Waals surface area (Å²) in [5, 5.41) is 2.25. The predicted molar refractivity (Wildman–Crippen MR) is 73.7 cm³/mol. The van der Waals surface area contributed by atoms with E-state index in [0.717, 1.165) is 0 Å². The van der Waals surface area contributed by atoms with E-state index in [0.29, 0.717) is 0 Å². The number of alkyl halides is 6. The van der Waals surface area contributed by atoms with Crippen molar-refractivity contribution in [3.8, 4) is 0 Å². The molecule has 4 nitrogen and oxygen atoms in total. The van der Waals surface area contributed by atoms with Gasteiger partial charge in [-0.1, -0.05) is 75.7 Å². The lowest BCUT2D eigenvalue weighted by atomic mass is 10.3. The van der Waals surface area contributed by atoms with E-state index in [1.54, 1.807) is 0 Å². The third-order valence-corrected chi connectivity index (χ3v) is 2.46. The Labute approximate surface area is 133 Å². The van der Waals surface area contributed by atoms with Crippen LogP contribution in [0, 0.1) is 0 Å². The fourth-order valence-corrected chi connectivity index (χ4v) is 0.993. The molecule has 0 rings (SSSR count). The van der Waals surface area contributed by atoms with Crippen molar-refractivity contribution in [1.29, 1.82) is 0 Å². The average Bonchev–Trinajstić information content (AvgIpc) is 2.20. The van der Waals surface area contributed by atoms with Crippen molar-refractivity contribution in [2.24, 2.45) is 0 Å². The first-order valence-corrected chi connectivity index (χ1v) is 6.49. The van der Waals surface area contributed by atoms with E-state index >= 15 is 0 Å². The summed E-state index contributed by atoms with van der Waals surface area (Å²) in [7, 11) is 0. The molecule has 0 aliphatic heterocycles.